The van der Waals surface area contributed by atoms with Gasteiger partial charge in [0.2, 0.25) is 0 Å². The first-order valence-electron chi connectivity index (χ1n) is 20.0. The molecule has 0 aliphatic heterocycles. The van der Waals surface area contributed by atoms with Gasteiger partial charge in [0.05, 0.1) is 0 Å². The Morgan fingerprint density at radius 3 is 1.18 bits per heavy atom. The normalized spacial score (nSPS) is 11.3. The second-order valence-corrected chi connectivity index (χ2v) is 15.1. The molecule has 0 N–H and O–H groups in total. The van der Waals surface area contributed by atoms with Crippen LogP contribution in [0.3, 0.4) is 0 Å². The van der Waals surface area contributed by atoms with Crippen molar-refractivity contribution in [2.45, 2.75) is 0 Å². The van der Waals surface area contributed by atoms with E-state index in [1.54, 1.807) is 0 Å². The van der Waals surface area contributed by atoms with Gasteiger partial charge >= 0.3 is 0 Å². The van der Waals surface area contributed by atoms with E-state index in [1.807, 2.05) is 36.9 Å². The Kier molecular flexibility index (Phi) is 8.75. The lowest BCUT2D eigenvalue weighted by Gasteiger charge is -2.14. The molecular formula is C55H35N5. The van der Waals surface area contributed by atoms with Crippen LogP contribution in [0.5, 0.6) is 0 Å². The lowest BCUT2D eigenvalue weighted by molar-refractivity contribution is 1.07. The summed E-state index contributed by atoms with van der Waals surface area (Å²) < 4.78 is 0. The monoisotopic (exact) mass is 765 g/mol. The molecule has 0 saturated carbocycles. The smallest absolute Gasteiger partial charge is 0.164 e. The van der Waals surface area contributed by atoms with E-state index >= 15 is 0 Å². The number of fused-ring (bicyclic) bond motifs is 3. The van der Waals surface area contributed by atoms with Crippen molar-refractivity contribution in [1.82, 2.24) is 24.9 Å². The van der Waals surface area contributed by atoms with Crippen LogP contribution >= 0.6 is 0 Å². The Morgan fingerprint density at radius 2 is 0.600 bits per heavy atom. The second kappa shape index (κ2) is 15.0. The van der Waals surface area contributed by atoms with Gasteiger partial charge in [-0.1, -0.05) is 127 Å². The molecule has 11 rings (SSSR count). The summed E-state index contributed by atoms with van der Waals surface area (Å²) in [6.07, 6.45) is 7.38. The Morgan fingerprint density at radius 1 is 0.217 bits per heavy atom. The van der Waals surface area contributed by atoms with E-state index in [2.05, 4.69) is 186 Å². The first-order chi connectivity index (χ1) is 29.7. The fourth-order valence-corrected chi connectivity index (χ4v) is 8.06. The standard InChI is InChI=1S/C55H35N5/c1-2-8-36(9-3-1)41-12-6-14-43(26-41)48-31-49(44-15-7-13-42(28-44)45-19-16-37-10-4-5-11-40(37)27-45)33-50(32-48)55-59-53(46-20-17-38-22-24-56-34-51(38)29-46)58-54(60-55)47-21-18-39-23-25-57-35-52(39)30-47/h1-35H. The van der Waals surface area contributed by atoms with Gasteiger partial charge in [-0.05, 0) is 127 Å². The van der Waals surface area contributed by atoms with Crippen LogP contribution in [-0.4, -0.2) is 24.9 Å². The third-order valence-electron chi connectivity index (χ3n) is 11.2. The molecule has 3 aromatic heterocycles. The lowest BCUT2D eigenvalue weighted by Crippen LogP contribution is -2.01. The summed E-state index contributed by atoms with van der Waals surface area (Å²) >= 11 is 0. The Balaban J connectivity index is 1.11. The number of pyridine rings is 2. The number of benzene rings is 8. The van der Waals surface area contributed by atoms with Crippen LogP contribution < -0.4 is 0 Å². The summed E-state index contributed by atoms with van der Waals surface area (Å²) in [7, 11) is 0. The average Bonchev–Trinajstić information content (AvgIpc) is 3.33. The minimum absolute atomic E-state index is 0.584. The largest absolute Gasteiger partial charge is 0.264 e. The highest BCUT2D eigenvalue weighted by Crippen LogP contribution is 2.37. The van der Waals surface area contributed by atoms with Crippen LogP contribution in [-0.2, 0) is 0 Å². The molecule has 0 saturated heterocycles. The fraction of sp³-hybridized carbons (Fsp3) is 0. The van der Waals surface area contributed by atoms with Gasteiger partial charge in [0, 0.05) is 52.3 Å². The molecule has 0 amide bonds. The molecule has 0 atom stereocenters. The molecule has 0 radical (unpaired) electrons. The predicted octanol–water partition coefficient (Wildman–Crippen LogP) is 13.8. The van der Waals surface area contributed by atoms with Gasteiger partial charge < -0.3 is 0 Å². The lowest BCUT2D eigenvalue weighted by atomic mass is 9.92. The molecule has 0 aliphatic rings. The molecule has 0 fully saturated rings. The van der Waals surface area contributed by atoms with Crippen molar-refractivity contribution in [3.63, 3.8) is 0 Å². The molecule has 0 aliphatic carbocycles. The molecule has 5 nitrogen and oxygen atoms in total. The first kappa shape index (κ1) is 35.0. The summed E-state index contributed by atoms with van der Waals surface area (Å²) in [6.45, 7) is 0. The fourth-order valence-electron chi connectivity index (χ4n) is 8.06. The van der Waals surface area contributed by atoms with Crippen LogP contribution in [0.2, 0.25) is 0 Å². The molecule has 11 aromatic rings. The third-order valence-corrected chi connectivity index (χ3v) is 11.2. The van der Waals surface area contributed by atoms with E-state index in [9.17, 15) is 0 Å². The number of hydrogen-bond donors (Lipinski definition) is 0. The van der Waals surface area contributed by atoms with Gasteiger partial charge in [0.25, 0.3) is 0 Å². The maximum atomic E-state index is 5.24. The van der Waals surface area contributed by atoms with Crippen LogP contribution in [0.25, 0.3) is 111 Å². The van der Waals surface area contributed by atoms with Gasteiger partial charge in [-0.15, -0.1) is 0 Å². The van der Waals surface area contributed by atoms with Crippen LogP contribution in [0.4, 0.5) is 0 Å². The molecular weight excluding hydrogens is 731 g/mol. The third kappa shape index (κ3) is 6.84. The summed E-state index contributed by atoms with van der Waals surface area (Å²) in [6, 6.07) is 66.5. The second-order valence-electron chi connectivity index (χ2n) is 15.1. The zero-order valence-corrected chi connectivity index (χ0v) is 32.4. The Bertz CT molecular complexity index is 3300. The molecule has 3 heterocycles. The van der Waals surface area contributed by atoms with Gasteiger partial charge in [0.15, 0.2) is 17.5 Å². The predicted molar refractivity (Wildman–Crippen MR) is 246 cm³/mol. The molecule has 280 valence electrons. The van der Waals surface area contributed by atoms with Gasteiger partial charge in [-0.3, -0.25) is 9.97 Å². The molecule has 5 heteroatoms. The summed E-state index contributed by atoms with van der Waals surface area (Å²) in [4.78, 5) is 24.4. The average molecular weight is 766 g/mol. The van der Waals surface area contributed by atoms with E-state index in [1.165, 1.54) is 21.9 Å². The van der Waals surface area contributed by atoms with Gasteiger partial charge in [0.1, 0.15) is 0 Å². The van der Waals surface area contributed by atoms with Crippen LogP contribution in [0.15, 0.2) is 213 Å². The van der Waals surface area contributed by atoms with Crippen molar-refractivity contribution in [2.24, 2.45) is 0 Å². The quantitative estimate of drug-likeness (QED) is 0.162. The van der Waals surface area contributed by atoms with Crippen molar-refractivity contribution in [3.8, 4) is 78.7 Å². The van der Waals surface area contributed by atoms with Crippen LogP contribution in [0, 0.1) is 0 Å². The number of nitrogens with zero attached hydrogens (tertiary/aromatic N) is 5. The molecule has 8 aromatic carbocycles. The van der Waals surface area contributed by atoms with E-state index in [4.69, 9.17) is 15.0 Å². The molecule has 0 spiro atoms. The van der Waals surface area contributed by atoms with E-state index in [0.29, 0.717) is 17.5 Å². The highest BCUT2D eigenvalue weighted by atomic mass is 15.0. The zero-order chi connectivity index (χ0) is 39.8. The van der Waals surface area contributed by atoms with Crippen molar-refractivity contribution >= 4 is 32.3 Å². The summed E-state index contributed by atoms with van der Waals surface area (Å²) in [5.74, 6) is 1.76. The summed E-state index contributed by atoms with van der Waals surface area (Å²) in [5, 5.41) is 6.69. The number of aromatic nitrogens is 5. The minimum atomic E-state index is 0.584. The van der Waals surface area contributed by atoms with Crippen LogP contribution in [0.1, 0.15) is 0 Å². The first-order valence-corrected chi connectivity index (χ1v) is 20.0. The highest BCUT2D eigenvalue weighted by molar-refractivity contribution is 5.90. The van der Waals surface area contributed by atoms with E-state index in [-0.39, 0.29) is 0 Å². The number of rotatable bonds is 7. The van der Waals surface area contributed by atoms with Crippen molar-refractivity contribution in [2.75, 3.05) is 0 Å². The number of hydrogen-bond acceptors (Lipinski definition) is 5. The Labute approximate surface area is 347 Å². The molecule has 60 heavy (non-hydrogen) atoms. The van der Waals surface area contributed by atoms with E-state index < -0.39 is 0 Å². The van der Waals surface area contributed by atoms with Crippen molar-refractivity contribution in [1.29, 1.82) is 0 Å². The minimum Gasteiger partial charge on any atom is -0.264 e. The van der Waals surface area contributed by atoms with Gasteiger partial charge in [-0.25, -0.2) is 15.0 Å². The highest BCUT2D eigenvalue weighted by Gasteiger charge is 2.17. The zero-order valence-electron chi connectivity index (χ0n) is 32.4. The summed E-state index contributed by atoms with van der Waals surface area (Å²) in [5.41, 5.74) is 11.6. The molecule has 0 bridgehead atoms. The topological polar surface area (TPSA) is 64.5 Å². The van der Waals surface area contributed by atoms with E-state index in [0.717, 1.165) is 71.6 Å². The molecule has 0 unspecified atom stereocenters. The van der Waals surface area contributed by atoms with Crippen molar-refractivity contribution < 1.29 is 0 Å². The van der Waals surface area contributed by atoms with Gasteiger partial charge in [-0.2, -0.15) is 0 Å². The SMILES string of the molecule is c1ccc(-c2cccc(-c3cc(-c4cccc(-c5ccc6ccccc6c5)c4)cc(-c4nc(-c5ccc6ccncc6c5)nc(-c5ccc6ccncc6c5)n4)c3)c2)cc1. The maximum Gasteiger partial charge on any atom is 0.164 e. The Hall–Kier alpha value is -8.15. The maximum absolute atomic E-state index is 5.24. The van der Waals surface area contributed by atoms with Crippen molar-refractivity contribution in [3.05, 3.63) is 213 Å².